The Kier molecular flexibility index (Phi) is 8.28. The van der Waals surface area contributed by atoms with Crippen molar-refractivity contribution in [2.45, 2.75) is 26.3 Å². The van der Waals surface area contributed by atoms with Crippen LogP contribution in [0.2, 0.25) is 0 Å². The van der Waals surface area contributed by atoms with Gasteiger partial charge in [0.2, 0.25) is 0 Å². The molecule has 0 radical (unpaired) electrons. The Balaban J connectivity index is 1.50. The Morgan fingerprint density at radius 2 is 1.69 bits per heavy atom. The molecular weight excluding hydrogens is 456 g/mol. The molecule has 0 saturated carbocycles. The van der Waals surface area contributed by atoms with Crippen molar-refractivity contribution in [1.29, 1.82) is 0 Å². The lowest BCUT2D eigenvalue weighted by molar-refractivity contribution is 0.0951. The Morgan fingerprint density at radius 3 is 2.47 bits per heavy atom. The van der Waals surface area contributed by atoms with E-state index in [0.29, 0.717) is 35.8 Å². The molecule has 188 valence electrons. The fourth-order valence-electron chi connectivity index (χ4n) is 4.23. The summed E-state index contributed by atoms with van der Waals surface area (Å²) in [5, 5.41) is 8.72. The normalized spacial score (nSPS) is 12.7. The molecule has 0 aliphatic carbocycles. The van der Waals surface area contributed by atoms with Gasteiger partial charge in [-0.2, -0.15) is 0 Å². The van der Waals surface area contributed by atoms with Crippen LogP contribution < -0.4 is 30.3 Å². The zero-order valence-corrected chi connectivity index (χ0v) is 20.7. The maximum atomic E-state index is 13.0. The molecule has 8 heteroatoms. The van der Waals surface area contributed by atoms with Gasteiger partial charge in [0.1, 0.15) is 11.5 Å². The molecule has 36 heavy (non-hydrogen) atoms. The van der Waals surface area contributed by atoms with Gasteiger partial charge in [-0.15, -0.1) is 0 Å². The highest BCUT2D eigenvalue weighted by Gasteiger charge is 2.19. The van der Waals surface area contributed by atoms with E-state index in [1.807, 2.05) is 49.4 Å². The highest BCUT2D eigenvalue weighted by atomic mass is 16.5. The Morgan fingerprint density at radius 1 is 0.917 bits per heavy atom. The lowest BCUT2D eigenvalue weighted by Crippen LogP contribution is -2.26. The number of carbonyl (C=O) groups is 2. The molecule has 3 aromatic carbocycles. The summed E-state index contributed by atoms with van der Waals surface area (Å²) in [6.07, 6.45) is 2.19. The zero-order valence-electron chi connectivity index (χ0n) is 20.7. The molecule has 0 unspecified atom stereocenters. The maximum absolute atomic E-state index is 13.0. The lowest BCUT2D eigenvalue weighted by Gasteiger charge is -2.22. The standard InChI is InChI=1S/C28H32N4O4/c1-3-36-22-10-8-9-20(17-22)19-29-27(33)21-13-14-25(32-15-6-7-16-32)24(18-21)31-28(34)30-23-11-4-5-12-26(23)35-2/h4-5,8-14,17-18H,3,6-7,15-16,19H2,1-2H3,(H,29,33)(H2,30,31,34). The first kappa shape index (κ1) is 24.9. The number of ether oxygens (including phenoxy) is 2. The second-order valence-electron chi connectivity index (χ2n) is 8.47. The fourth-order valence-corrected chi connectivity index (χ4v) is 4.23. The summed E-state index contributed by atoms with van der Waals surface area (Å²) in [5.74, 6) is 1.11. The quantitative estimate of drug-likeness (QED) is 0.382. The molecular formula is C28H32N4O4. The average molecular weight is 489 g/mol. The summed E-state index contributed by atoms with van der Waals surface area (Å²) in [4.78, 5) is 28.1. The molecule has 3 amide bonds. The number of hydrogen-bond donors (Lipinski definition) is 3. The number of nitrogens with zero attached hydrogens (tertiary/aromatic N) is 1. The van der Waals surface area contributed by atoms with Crippen LogP contribution in [0.4, 0.5) is 21.9 Å². The Bertz CT molecular complexity index is 1210. The highest BCUT2D eigenvalue weighted by Crippen LogP contribution is 2.31. The second-order valence-corrected chi connectivity index (χ2v) is 8.47. The number of urea groups is 1. The predicted octanol–water partition coefficient (Wildman–Crippen LogP) is 5.27. The minimum Gasteiger partial charge on any atom is -0.495 e. The molecule has 1 fully saturated rings. The first-order chi connectivity index (χ1) is 17.6. The summed E-state index contributed by atoms with van der Waals surface area (Å²) in [5.41, 5.74) is 3.44. The first-order valence-corrected chi connectivity index (χ1v) is 12.2. The molecule has 4 rings (SSSR count). The molecule has 3 N–H and O–H groups in total. The number of para-hydroxylation sites is 2. The number of hydrogen-bond acceptors (Lipinski definition) is 5. The van der Waals surface area contributed by atoms with Gasteiger partial charge in [-0.05, 0) is 67.8 Å². The van der Waals surface area contributed by atoms with Crippen LogP contribution >= 0.6 is 0 Å². The molecule has 1 saturated heterocycles. The molecule has 1 heterocycles. The molecule has 3 aromatic rings. The van der Waals surface area contributed by atoms with Crippen molar-refractivity contribution in [1.82, 2.24) is 5.32 Å². The number of benzene rings is 3. The van der Waals surface area contributed by atoms with Crippen LogP contribution in [0, 0.1) is 0 Å². The smallest absolute Gasteiger partial charge is 0.323 e. The van der Waals surface area contributed by atoms with Crippen LogP contribution in [0.5, 0.6) is 11.5 Å². The van der Waals surface area contributed by atoms with Crippen molar-refractivity contribution in [2.24, 2.45) is 0 Å². The van der Waals surface area contributed by atoms with Crippen molar-refractivity contribution in [2.75, 3.05) is 42.3 Å². The predicted molar refractivity (Wildman–Crippen MR) is 142 cm³/mol. The average Bonchev–Trinajstić information content (AvgIpc) is 3.43. The summed E-state index contributed by atoms with van der Waals surface area (Å²) in [6, 6.07) is 19.9. The van der Waals surface area contributed by atoms with Crippen LogP contribution in [-0.2, 0) is 6.54 Å². The largest absolute Gasteiger partial charge is 0.495 e. The summed E-state index contributed by atoms with van der Waals surface area (Å²) in [7, 11) is 1.55. The van der Waals surface area contributed by atoms with Crippen LogP contribution in [0.1, 0.15) is 35.7 Å². The van der Waals surface area contributed by atoms with E-state index in [1.165, 1.54) is 0 Å². The van der Waals surface area contributed by atoms with Crippen LogP contribution in [0.25, 0.3) is 0 Å². The van der Waals surface area contributed by atoms with Gasteiger partial charge in [0.25, 0.3) is 5.91 Å². The summed E-state index contributed by atoms with van der Waals surface area (Å²) in [6.45, 7) is 4.70. The molecule has 0 bridgehead atoms. The third-order valence-corrected chi connectivity index (χ3v) is 5.97. The van der Waals surface area contributed by atoms with Crippen LogP contribution in [0.3, 0.4) is 0 Å². The van der Waals surface area contributed by atoms with Crippen molar-refractivity contribution in [3.63, 3.8) is 0 Å². The van der Waals surface area contributed by atoms with E-state index in [9.17, 15) is 9.59 Å². The van der Waals surface area contributed by atoms with Crippen molar-refractivity contribution in [3.8, 4) is 11.5 Å². The number of anilines is 3. The van der Waals surface area contributed by atoms with Crippen molar-refractivity contribution in [3.05, 3.63) is 77.9 Å². The van der Waals surface area contributed by atoms with Crippen molar-refractivity contribution >= 4 is 29.0 Å². The van der Waals surface area contributed by atoms with Gasteiger partial charge in [-0.1, -0.05) is 24.3 Å². The molecule has 0 aromatic heterocycles. The molecule has 0 spiro atoms. The van der Waals surface area contributed by atoms with Gasteiger partial charge in [0.05, 0.1) is 30.8 Å². The molecule has 1 aliphatic heterocycles. The van der Waals surface area contributed by atoms with E-state index < -0.39 is 6.03 Å². The molecule has 8 nitrogen and oxygen atoms in total. The summed E-state index contributed by atoms with van der Waals surface area (Å²) < 4.78 is 10.9. The van der Waals surface area contributed by atoms with Gasteiger partial charge in [0.15, 0.2) is 0 Å². The summed E-state index contributed by atoms with van der Waals surface area (Å²) >= 11 is 0. The second kappa shape index (κ2) is 12.0. The van der Waals surface area contributed by atoms with E-state index in [2.05, 4.69) is 20.9 Å². The minimum absolute atomic E-state index is 0.224. The van der Waals surface area contributed by atoms with Crippen LogP contribution in [0.15, 0.2) is 66.7 Å². The van der Waals surface area contributed by atoms with E-state index >= 15 is 0 Å². The monoisotopic (exact) mass is 488 g/mol. The zero-order chi connectivity index (χ0) is 25.3. The highest BCUT2D eigenvalue weighted by molar-refractivity contribution is 6.04. The molecule has 0 atom stereocenters. The Labute approximate surface area is 211 Å². The fraction of sp³-hybridized carbons (Fsp3) is 0.286. The van der Waals surface area contributed by atoms with Gasteiger partial charge in [-0.3, -0.25) is 4.79 Å². The molecule has 1 aliphatic rings. The maximum Gasteiger partial charge on any atom is 0.323 e. The van der Waals surface area contributed by atoms with Gasteiger partial charge in [-0.25, -0.2) is 4.79 Å². The van der Waals surface area contributed by atoms with Gasteiger partial charge in [0, 0.05) is 25.2 Å². The third kappa shape index (κ3) is 6.27. The lowest BCUT2D eigenvalue weighted by atomic mass is 10.1. The number of carbonyl (C=O) groups excluding carboxylic acids is 2. The van der Waals surface area contributed by atoms with E-state index in [0.717, 1.165) is 42.9 Å². The van der Waals surface area contributed by atoms with Crippen LogP contribution in [-0.4, -0.2) is 38.7 Å². The van der Waals surface area contributed by atoms with Crippen molar-refractivity contribution < 1.29 is 19.1 Å². The topological polar surface area (TPSA) is 91.9 Å². The van der Waals surface area contributed by atoms with E-state index in [1.54, 1.807) is 31.4 Å². The minimum atomic E-state index is -0.412. The van der Waals surface area contributed by atoms with Gasteiger partial charge >= 0.3 is 6.03 Å². The number of nitrogens with one attached hydrogen (secondary N) is 3. The number of rotatable bonds is 9. The number of amides is 3. The third-order valence-electron chi connectivity index (χ3n) is 5.97. The SMILES string of the molecule is CCOc1cccc(CNC(=O)c2ccc(N3CCCC3)c(NC(=O)Nc3ccccc3OC)c2)c1. The van der Waals surface area contributed by atoms with Gasteiger partial charge < -0.3 is 30.3 Å². The van der Waals surface area contributed by atoms with E-state index in [-0.39, 0.29) is 5.91 Å². The Hall–Kier alpha value is -4.20. The first-order valence-electron chi connectivity index (χ1n) is 12.2. The number of methoxy groups -OCH3 is 1. The van der Waals surface area contributed by atoms with E-state index in [4.69, 9.17) is 9.47 Å².